The van der Waals surface area contributed by atoms with E-state index in [1.165, 1.54) is 11.3 Å². The van der Waals surface area contributed by atoms with Gasteiger partial charge in [-0.3, -0.25) is 4.72 Å². The van der Waals surface area contributed by atoms with Crippen LogP contribution in [0.4, 0.5) is 5.13 Å². The Bertz CT molecular complexity index is 475. The van der Waals surface area contributed by atoms with Crippen LogP contribution in [-0.2, 0) is 10.0 Å². The second kappa shape index (κ2) is 5.99. The van der Waals surface area contributed by atoms with Crippen LogP contribution in [0.2, 0.25) is 0 Å². The monoisotopic (exact) mass is 291 g/mol. The fraction of sp³-hybridized carbons (Fsp3) is 0.727. The lowest BCUT2D eigenvalue weighted by atomic mass is 10.3. The van der Waals surface area contributed by atoms with E-state index in [2.05, 4.69) is 15.0 Å². The molecule has 1 aromatic rings. The van der Waals surface area contributed by atoms with E-state index in [9.17, 15) is 8.42 Å². The number of rotatable bonds is 6. The third kappa shape index (κ3) is 4.22. The topological polar surface area (TPSA) is 71.1 Å². The molecule has 0 saturated heterocycles. The Balaban J connectivity index is 2.69. The minimum absolute atomic E-state index is 0.270. The van der Waals surface area contributed by atoms with Gasteiger partial charge >= 0.3 is 0 Å². The molecule has 7 heteroatoms. The second-order valence-electron chi connectivity index (χ2n) is 4.68. The molecule has 1 rings (SSSR count). The van der Waals surface area contributed by atoms with Crippen LogP contribution >= 0.6 is 11.3 Å². The van der Waals surface area contributed by atoms with Crippen molar-refractivity contribution in [1.82, 2.24) is 10.3 Å². The van der Waals surface area contributed by atoms with Crippen LogP contribution in [0.1, 0.15) is 31.3 Å². The lowest BCUT2D eigenvalue weighted by molar-refractivity contribution is 0.553. The molecule has 0 aliphatic rings. The molecule has 5 nitrogen and oxygen atoms in total. The minimum Gasteiger partial charge on any atom is -0.313 e. The molecule has 0 aliphatic carbocycles. The van der Waals surface area contributed by atoms with Crippen LogP contribution in [0.3, 0.4) is 0 Å². The lowest BCUT2D eigenvalue weighted by Gasteiger charge is -2.15. The maximum Gasteiger partial charge on any atom is 0.238 e. The van der Waals surface area contributed by atoms with E-state index < -0.39 is 15.3 Å². The Hall–Kier alpha value is -0.660. The molecule has 104 valence electrons. The largest absolute Gasteiger partial charge is 0.313 e. The number of nitrogens with one attached hydrogen (secondary N) is 2. The third-order valence-electron chi connectivity index (χ3n) is 2.60. The van der Waals surface area contributed by atoms with Crippen LogP contribution in [-0.4, -0.2) is 31.2 Å². The number of aryl methyl sites for hydroxylation is 2. The SMILES string of the molecule is Cc1nc(NS(=O)(=O)C(C)CNC(C)C)sc1C. The van der Waals surface area contributed by atoms with Gasteiger partial charge in [-0.1, -0.05) is 13.8 Å². The maximum atomic E-state index is 12.0. The van der Waals surface area contributed by atoms with Gasteiger partial charge in [-0.25, -0.2) is 13.4 Å². The van der Waals surface area contributed by atoms with Crippen molar-refractivity contribution in [2.75, 3.05) is 11.3 Å². The smallest absolute Gasteiger partial charge is 0.238 e. The Morgan fingerprint density at radius 3 is 2.33 bits per heavy atom. The molecule has 18 heavy (non-hydrogen) atoms. The highest BCUT2D eigenvalue weighted by molar-refractivity contribution is 7.93. The quantitative estimate of drug-likeness (QED) is 0.839. The predicted molar refractivity (Wildman–Crippen MR) is 76.7 cm³/mol. The van der Waals surface area contributed by atoms with Crippen molar-refractivity contribution in [3.05, 3.63) is 10.6 Å². The van der Waals surface area contributed by atoms with Crippen molar-refractivity contribution in [1.29, 1.82) is 0 Å². The average molecular weight is 291 g/mol. The number of hydrogen-bond donors (Lipinski definition) is 2. The minimum atomic E-state index is -3.38. The molecule has 0 spiro atoms. The highest BCUT2D eigenvalue weighted by Gasteiger charge is 2.22. The second-order valence-corrected chi connectivity index (χ2v) is 7.98. The van der Waals surface area contributed by atoms with Crippen molar-refractivity contribution in [2.24, 2.45) is 0 Å². The van der Waals surface area contributed by atoms with Crippen molar-refractivity contribution in [3.8, 4) is 0 Å². The normalized spacial score (nSPS) is 13.9. The molecule has 0 aliphatic heterocycles. The van der Waals surface area contributed by atoms with Crippen LogP contribution in [0.25, 0.3) is 0 Å². The Morgan fingerprint density at radius 2 is 1.89 bits per heavy atom. The van der Waals surface area contributed by atoms with Crippen LogP contribution in [0, 0.1) is 13.8 Å². The average Bonchev–Trinajstić information content (AvgIpc) is 2.53. The summed E-state index contributed by atoms with van der Waals surface area (Å²) in [6.45, 7) is 9.88. The number of thiazole rings is 1. The Morgan fingerprint density at radius 1 is 1.28 bits per heavy atom. The molecule has 0 radical (unpaired) electrons. The van der Waals surface area contributed by atoms with Crippen molar-refractivity contribution in [3.63, 3.8) is 0 Å². The summed E-state index contributed by atoms with van der Waals surface area (Å²) in [7, 11) is -3.38. The molecule has 1 heterocycles. The molecule has 1 atom stereocenters. The van der Waals surface area contributed by atoms with Crippen LogP contribution in [0.15, 0.2) is 0 Å². The summed E-state index contributed by atoms with van der Waals surface area (Å²) in [6.07, 6.45) is 0. The zero-order chi connectivity index (χ0) is 13.9. The van der Waals surface area contributed by atoms with Gasteiger partial charge in [0.1, 0.15) is 0 Å². The van der Waals surface area contributed by atoms with Gasteiger partial charge in [0.05, 0.1) is 10.9 Å². The first kappa shape index (κ1) is 15.4. The van der Waals surface area contributed by atoms with Crippen molar-refractivity contribution >= 4 is 26.5 Å². The summed E-state index contributed by atoms with van der Waals surface area (Å²) in [4.78, 5) is 5.21. The molecular formula is C11H21N3O2S2. The molecule has 1 unspecified atom stereocenters. The zero-order valence-electron chi connectivity index (χ0n) is 11.4. The van der Waals surface area contributed by atoms with Crippen LogP contribution < -0.4 is 10.0 Å². The zero-order valence-corrected chi connectivity index (χ0v) is 13.1. The van der Waals surface area contributed by atoms with Gasteiger partial charge in [0.25, 0.3) is 0 Å². The molecule has 1 aromatic heterocycles. The van der Waals surface area contributed by atoms with E-state index in [0.29, 0.717) is 11.7 Å². The fourth-order valence-electron chi connectivity index (χ4n) is 1.25. The van der Waals surface area contributed by atoms with Gasteiger partial charge in [-0.15, -0.1) is 11.3 Å². The summed E-state index contributed by atoms with van der Waals surface area (Å²) in [5, 5.41) is 3.07. The van der Waals surface area contributed by atoms with Gasteiger partial charge in [0, 0.05) is 17.5 Å². The van der Waals surface area contributed by atoms with Crippen molar-refractivity contribution < 1.29 is 8.42 Å². The third-order valence-corrected chi connectivity index (χ3v) is 5.42. The molecule has 0 amide bonds. The first-order valence-corrected chi connectivity index (χ1v) is 8.27. The lowest BCUT2D eigenvalue weighted by Crippen LogP contribution is -2.37. The van der Waals surface area contributed by atoms with Crippen molar-refractivity contribution in [2.45, 2.75) is 45.9 Å². The van der Waals surface area contributed by atoms with Gasteiger partial charge in [0.15, 0.2) is 5.13 Å². The van der Waals surface area contributed by atoms with E-state index in [1.54, 1.807) is 6.92 Å². The van der Waals surface area contributed by atoms with Gasteiger partial charge in [0.2, 0.25) is 10.0 Å². The molecular weight excluding hydrogens is 270 g/mol. The number of aromatic nitrogens is 1. The summed E-state index contributed by atoms with van der Waals surface area (Å²) in [5.41, 5.74) is 0.866. The molecule has 0 saturated carbocycles. The van der Waals surface area contributed by atoms with Gasteiger partial charge in [-0.2, -0.15) is 0 Å². The van der Waals surface area contributed by atoms with Gasteiger partial charge in [-0.05, 0) is 20.8 Å². The number of sulfonamides is 1. The molecule has 0 bridgehead atoms. The standard InChI is InChI=1S/C11H21N3O2S2/c1-7(2)12-6-8(3)18(15,16)14-11-13-9(4)10(5)17-11/h7-8,12H,6H2,1-5H3,(H,13,14). The number of anilines is 1. The van der Waals surface area contributed by atoms with E-state index in [-0.39, 0.29) is 6.04 Å². The van der Waals surface area contributed by atoms with E-state index in [0.717, 1.165) is 10.6 Å². The number of nitrogens with zero attached hydrogens (tertiary/aromatic N) is 1. The summed E-state index contributed by atoms with van der Waals surface area (Å²) in [6, 6.07) is 0.270. The first-order chi connectivity index (χ1) is 8.22. The predicted octanol–water partition coefficient (Wildman–Crippen LogP) is 1.89. The highest BCUT2D eigenvalue weighted by Crippen LogP contribution is 2.22. The molecule has 0 fully saturated rings. The van der Waals surface area contributed by atoms with E-state index in [4.69, 9.17) is 0 Å². The highest BCUT2D eigenvalue weighted by atomic mass is 32.2. The fourth-order valence-corrected chi connectivity index (χ4v) is 3.24. The van der Waals surface area contributed by atoms with E-state index in [1.807, 2.05) is 27.7 Å². The Labute approximate surface area is 113 Å². The molecule has 2 N–H and O–H groups in total. The summed E-state index contributed by atoms with van der Waals surface area (Å²) < 4.78 is 26.6. The van der Waals surface area contributed by atoms with E-state index >= 15 is 0 Å². The first-order valence-electron chi connectivity index (χ1n) is 5.91. The summed E-state index contributed by atoms with van der Waals surface area (Å²) >= 11 is 1.36. The molecule has 0 aromatic carbocycles. The Kier molecular flexibility index (Phi) is 5.12. The summed E-state index contributed by atoms with van der Waals surface area (Å²) in [5.74, 6) is 0. The number of hydrogen-bond acceptors (Lipinski definition) is 5. The maximum absolute atomic E-state index is 12.0. The van der Waals surface area contributed by atoms with Gasteiger partial charge < -0.3 is 5.32 Å². The van der Waals surface area contributed by atoms with Crippen LogP contribution in [0.5, 0.6) is 0 Å².